The SMILES string of the molecule is CC(C)C[C@H](NC(CNC(=O)c1cc2cc(Cl)ccc2[nH]1)C(=O)O)C(=O)O. The molecule has 1 unspecified atom stereocenters. The minimum absolute atomic E-state index is 0.0702. The average Bonchev–Trinajstić information content (AvgIpc) is 2.99. The fourth-order valence-corrected chi connectivity index (χ4v) is 2.87. The van der Waals surface area contributed by atoms with Crippen molar-refractivity contribution < 1.29 is 24.6 Å². The highest BCUT2D eigenvalue weighted by atomic mass is 35.5. The van der Waals surface area contributed by atoms with Crippen molar-refractivity contribution in [2.24, 2.45) is 5.92 Å². The molecular formula is C18H22ClN3O5. The van der Waals surface area contributed by atoms with Gasteiger partial charge in [-0.05, 0) is 36.6 Å². The summed E-state index contributed by atoms with van der Waals surface area (Å²) in [6.07, 6.45) is 0.274. The largest absolute Gasteiger partial charge is 0.480 e. The lowest BCUT2D eigenvalue weighted by atomic mass is 10.0. The molecule has 0 saturated heterocycles. The lowest BCUT2D eigenvalue weighted by molar-refractivity contribution is -0.142. The predicted octanol–water partition coefficient (Wildman–Crippen LogP) is 2.09. The van der Waals surface area contributed by atoms with Crippen molar-refractivity contribution >= 4 is 40.3 Å². The van der Waals surface area contributed by atoms with Crippen molar-refractivity contribution in [3.63, 3.8) is 0 Å². The van der Waals surface area contributed by atoms with Crippen LogP contribution in [0.3, 0.4) is 0 Å². The van der Waals surface area contributed by atoms with Crippen LogP contribution < -0.4 is 10.6 Å². The summed E-state index contributed by atoms with van der Waals surface area (Å²) in [6.45, 7) is 3.43. The molecule has 0 aliphatic rings. The first-order valence-corrected chi connectivity index (χ1v) is 8.83. The van der Waals surface area contributed by atoms with Crippen LogP contribution in [0.5, 0.6) is 0 Å². The van der Waals surface area contributed by atoms with Gasteiger partial charge in [-0.3, -0.25) is 19.7 Å². The van der Waals surface area contributed by atoms with Crippen molar-refractivity contribution in [1.29, 1.82) is 0 Å². The van der Waals surface area contributed by atoms with E-state index < -0.39 is 29.9 Å². The average molecular weight is 396 g/mol. The fraction of sp³-hybridized carbons (Fsp3) is 0.389. The number of benzene rings is 1. The smallest absolute Gasteiger partial charge is 0.322 e. The van der Waals surface area contributed by atoms with Gasteiger partial charge in [0.25, 0.3) is 5.91 Å². The third kappa shape index (κ3) is 5.70. The molecule has 2 rings (SSSR count). The second-order valence-electron chi connectivity index (χ2n) is 6.70. The summed E-state index contributed by atoms with van der Waals surface area (Å²) in [5.74, 6) is -2.80. The summed E-state index contributed by atoms with van der Waals surface area (Å²) in [4.78, 5) is 38.0. The van der Waals surface area contributed by atoms with Gasteiger partial charge in [0.05, 0.1) is 0 Å². The maximum atomic E-state index is 12.3. The summed E-state index contributed by atoms with van der Waals surface area (Å²) in [5, 5.41) is 25.0. The number of fused-ring (bicyclic) bond motifs is 1. The molecule has 0 aliphatic heterocycles. The number of carboxylic acids is 2. The molecule has 146 valence electrons. The Bertz CT molecular complexity index is 849. The number of hydrogen-bond acceptors (Lipinski definition) is 4. The lowest BCUT2D eigenvalue weighted by Crippen LogP contribution is -2.52. The molecule has 1 heterocycles. The Labute approximate surface area is 160 Å². The lowest BCUT2D eigenvalue weighted by Gasteiger charge is -2.21. The first-order valence-electron chi connectivity index (χ1n) is 8.45. The summed E-state index contributed by atoms with van der Waals surface area (Å²) in [7, 11) is 0. The molecule has 1 aromatic heterocycles. The van der Waals surface area contributed by atoms with Crippen LogP contribution in [-0.4, -0.2) is 51.7 Å². The molecule has 5 N–H and O–H groups in total. The van der Waals surface area contributed by atoms with Crippen LogP contribution in [0, 0.1) is 5.92 Å². The van der Waals surface area contributed by atoms with Gasteiger partial charge in [-0.2, -0.15) is 0 Å². The molecule has 1 aromatic carbocycles. The van der Waals surface area contributed by atoms with Crippen LogP contribution >= 0.6 is 11.6 Å². The number of nitrogens with one attached hydrogen (secondary N) is 3. The molecule has 2 atom stereocenters. The second kappa shape index (κ2) is 8.88. The minimum Gasteiger partial charge on any atom is -0.480 e. The number of aliphatic carboxylic acids is 2. The van der Waals surface area contributed by atoms with Crippen LogP contribution in [0.2, 0.25) is 5.02 Å². The van der Waals surface area contributed by atoms with Crippen molar-refractivity contribution in [3.05, 3.63) is 35.0 Å². The number of halogens is 1. The number of aromatic nitrogens is 1. The fourth-order valence-electron chi connectivity index (χ4n) is 2.69. The summed E-state index contributed by atoms with van der Waals surface area (Å²) >= 11 is 5.92. The Morgan fingerprint density at radius 1 is 1.11 bits per heavy atom. The van der Waals surface area contributed by atoms with E-state index in [-0.39, 0.29) is 24.6 Å². The van der Waals surface area contributed by atoms with E-state index in [0.717, 1.165) is 10.9 Å². The molecule has 0 spiro atoms. The molecular weight excluding hydrogens is 374 g/mol. The number of carbonyl (C=O) groups is 3. The molecule has 9 heteroatoms. The van der Waals surface area contributed by atoms with Crippen molar-refractivity contribution in [1.82, 2.24) is 15.6 Å². The first kappa shape index (κ1) is 20.7. The molecule has 1 amide bonds. The maximum Gasteiger partial charge on any atom is 0.322 e. The van der Waals surface area contributed by atoms with Gasteiger partial charge < -0.3 is 20.5 Å². The first-order chi connectivity index (χ1) is 12.7. The van der Waals surface area contributed by atoms with Gasteiger partial charge in [-0.15, -0.1) is 0 Å². The number of carbonyl (C=O) groups excluding carboxylic acids is 1. The van der Waals surface area contributed by atoms with Gasteiger partial charge in [0, 0.05) is 22.5 Å². The van der Waals surface area contributed by atoms with E-state index in [9.17, 15) is 24.6 Å². The maximum absolute atomic E-state index is 12.3. The monoisotopic (exact) mass is 395 g/mol. The molecule has 2 aromatic rings. The second-order valence-corrected chi connectivity index (χ2v) is 7.14. The predicted molar refractivity (Wildman–Crippen MR) is 101 cm³/mol. The molecule has 27 heavy (non-hydrogen) atoms. The Hall–Kier alpha value is -2.58. The zero-order chi connectivity index (χ0) is 20.1. The van der Waals surface area contributed by atoms with Crippen LogP contribution in [-0.2, 0) is 9.59 Å². The third-order valence-electron chi connectivity index (χ3n) is 4.00. The molecule has 0 fully saturated rings. The number of H-pyrrole nitrogens is 1. The zero-order valence-corrected chi connectivity index (χ0v) is 15.7. The molecule has 0 radical (unpaired) electrons. The molecule has 8 nitrogen and oxygen atoms in total. The normalized spacial score (nSPS) is 13.5. The van der Waals surface area contributed by atoms with E-state index >= 15 is 0 Å². The highest BCUT2D eigenvalue weighted by Crippen LogP contribution is 2.20. The number of aromatic amines is 1. The zero-order valence-electron chi connectivity index (χ0n) is 15.0. The van der Waals surface area contributed by atoms with Crippen LogP contribution in [0.1, 0.15) is 30.8 Å². The van der Waals surface area contributed by atoms with Crippen LogP contribution in [0.25, 0.3) is 10.9 Å². The Balaban J connectivity index is 2.04. The number of hydrogen-bond donors (Lipinski definition) is 5. The summed E-state index contributed by atoms with van der Waals surface area (Å²) in [5.41, 5.74) is 0.980. The topological polar surface area (TPSA) is 132 Å². The number of rotatable bonds is 9. The van der Waals surface area contributed by atoms with Gasteiger partial charge >= 0.3 is 11.9 Å². The van der Waals surface area contributed by atoms with Gasteiger partial charge in [-0.1, -0.05) is 25.4 Å². The van der Waals surface area contributed by atoms with Crippen LogP contribution in [0.4, 0.5) is 0 Å². The minimum atomic E-state index is -1.24. The van der Waals surface area contributed by atoms with E-state index in [1.165, 1.54) is 0 Å². The molecule has 0 bridgehead atoms. The molecule has 0 saturated carbocycles. The number of carboxylic acid groups (broad SMARTS) is 2. The van der Waals surface area contributed by atoms with Gasteiger partial charge in [0.1, 0.15) is 17.8 Å². The molecule has 0 aliphatic carbocycles. The Morgan fingerprint density at radius 2 is 1.78 bits per heavy atom. The Kier molecular flexibility index (Phi) is 6.81. The van der Waals surface area contributed by atoms with Crippen LogP contribution in [0.15, 0.2) is 24.3 Å². The van der Waals surface area contributed by atoms with E-state index in [1.807, 2.05) is 13.8 Å². The van der Waals surface area contributed by atoms with Crippen molar-refractivity contribution in [3.8, 4) is 0 Å². The van der Waals surface area contributed by atoms with Gasteiger partial charge in [0.2, 0.25) is 0 Å². The standard InChI is InChI=1S/C18H22ClN3O5/c1-9(2)5-14(17(24)25)22-15(18(26)27)8-20-16(23)13-7-10-6-11(19)3-4-12(10)21-13/h3-4,6-7,9,14-15,21-22H,5,8H2,1-2H3,(H,20,23)(H,24,25)(H,26,27)/t14-,15?/m0/s1. The quantitative estimate of drug-likeness (QED) is 0.441. The van der Waals surface area contributed by atoms with E-state index in [2.05, 4.69) is 15.6 Å². The van der Waals surface area contributed by atoms with Crippen molar-refractivity contribution in [2.45, 2.75) is 32.4 Å². The number of amides is 1. The van der Waals surface area contributed by atoms with E-state index in [1.54, 1.807) is 24.3 Å². The van der Waals surface area contributed by atoms with Crippen molar-refractivity contribution in [2.75, 3.05) is 6.54 Å². The van der Waals surface area contributed by atoms with E-state index in [0.29, 0.717) is 5.02 Å². The highest BCUT2D eigenvalue weighted by Gasteiger charge is 2.27. The van der Waals surface area contributed by atoms with Gasteiger partial charge in [0.15, 0.2) is 0 Å². The van der Waals surface area contributed by atoms with Gasteiger partial charge in [-0.25, -0.2) is 0 Å². The summed E-state index contributed by atoms with van der Waals surface area (Å²) < 4.78 is 0. The van der Waals surface area contributed by atoms with E-state index in [4.69, 9.17) is 11.6 Å². The Morgan fingerprint density at radius 3 is 2.37 bits per heavy atom. The highest BCUT2D eigenvalue weighted by molar-refractivity contribution is 6.31. The summed E-state index contributed by atoms with van der Waals surface area (Å²) in [6, 6.07) is 4.49. The third-order valence-corrected chi connectivity index (χ3v) is 4.23.